The van der Waals surface area contributed by atoms with Gasteiger partial charge in [-0.15, -0.1) is 0 Å². The third-order valence-electron chi connectivity index (χ3n) is 8.84. The molecular formula is C28H34N4O2. The SMILES string of the molecule is O=C(NC1CCc2ccc(C(=O)N3CCC4(CCN(c5ccncc5)CC4)C3)cc21)C1CCC1. The van der Waals surface area contributed by atoms with E-state index in [9.17, 15) is 9.59 Å². The standard InChI is InChI=1S/C28H34N4O2/c33-26(21-2-1-3-21)30-25-7-6-20-4-5-22(18-24(20)25)27(34)32-17-12-28(19-32)10-15-31(16-11-28)23-8-13-29-14-9-23/h4-5,8-9,13-14,18,21,25H,1-3,6-7,10-12,15-17,19H2,(H,30,33). The van der Waals surface area contributed by atoms with Crippen molar-refractivity contribution in [3.63, 3.8) is 0 Å². The van der Waals surface area contributed by atoms with Crippen molar-refractivity contribution in [2.45, 2.75) is 57.4 Å². The van der Waals surface area contributed by atoms with E-state index in [0.717, 1.165) is 88.7 Å². The first-order chi connectivity index (χ1) is 16.6. The minimum Gasteiger partial charge on any atom is -0.371 e. The number of aromatic nitrogens is 1. The average Bonchev–Trinajstić information content (AvgIpc) is 3.43. The van der Waals surface area contributed by atoms with Crippen LogP contribution < -0.4 is 10.2 Å². The average molecular weight is 459 g/mol. The van der Waals surface area contributed by atoms with E-state index >= 15 is 0 Å². The number of pyridine rings is 1. The largest absolute Gasteiger partial charge is 0.371 e. The van der Waals surface area contributed by atoms with Crippen LogP contribution in [-0.2, 0) is 11.2 Å². The highest BCUT2D eigenvalue weighted by Gasteiger charge is 2.42. The van der Waals surface area contributed by atoms with Crippen LogP contribution in [0, 0.1) is 11.3 Å². The van der Waals surface area contributed by atoms with Crippen LogP contribution in [0.5, 0.6) is 0 Å². The fraction of sp³-hybridized carbons (Fsp3) is 0.536. The van der Waals surface area contributed by atoms with Gasteiger partial charge in [0.15, 0.2) is 0 Å². The number of nitrogens with one attached hydrogen (secondary N) is 1. The van der Waals surface area contributed by atoms with E-state index in [1.54, 1.807) is 0 Å². The summed E-state index contributed by atoms with van der Waals surface area (Å²) in [5.41, 5.74) is 4.69. The highest BCUT2D eigenvalue weighted by Crippen LogP contribution is 2.42. The summed E-state index contributed by atoms with van der Waals surface area (Å²) in [5.74, 6) is 0.534. The van der Waals surface area contributed by atoms with Gasteiger partial charge in [0.05, 0.1) is 6.04 Å². The number of aryl methyl sites for hydroxylation is 1. The highest BCUT2D eigenvalue weighted by molar-refractivity contribution is 5.95. The van der Waals surface area contributed by atoms with E-state index in [4.69, 9.17) is 0 Å². The van der Waals surface area contributed by atoms with Crippen LogP contribution in [0.2, 0.25) is 0 Å². The molecule has 6 rings (SSSR count). The molecule has 1 unspecified atom stereocenters. The van der Waals surface area contributed by atoms with Crippen LogP contribution in [0.3, 0.4) is 0 Å². The number of nitrogens with zero attached hydrogens (tertiary/aromatic N) is 3. The van der Waals surface area contributed by atoms with Crippen LogP contribution in [0.1, 0.15) is 72.5 Å². The van der Waals surface area contributed by atoms with Gasteiger partial charge in [-0.1, -0.05) is 12.5 Å². The number of rotatable bonds is 4. The monoisotopic (exact) mass is 458 g/mol. The van der Waals surface area contributed by atoms with E-state index in [1.807, 2.05) is 18.5 Å². The molecule has 178 valence electrons. The number of hydrogen-bond donors (Lipinski definition) is 1. The van der Waals surface area contributed by atoms with Crippen LogP contribution in [0.15, 0.2) is 42.7 Å². The number of piperidine rings is 1. The molecule has 1 atom stereocenters. The summed E-state index contributed by atoms with van der Waals surface area (Å²) in [6.45, 7) is 3.77. The number of fused-ring (bicyclic) bond motifs is 1. The molecule has 3 heterocycles. The zero-order valence-electron chi connectivity index (χ0n) is 19.8. The molecule has 1 saturated carbocycles. The molecule has 1 N–H and O–H groups in total. The Kier molecular flexibility index (Phi) is 5.54. The number of likely N-dealkylation sites (tertiary alicyclic amines) is 1. The molecule has 34 heavy (non-hydrogen) atoms. The van der Waals surface area contributed by atoms with Gasteiger partial charge >= 0.3 is 0 Å². The zero-order chi connectivity index (χ0) is 23.1. The van der Waals surface area contributed by atoms with E-state index in [1.165, 1.54) is 11.3 Å². The number of carbonyl (C=O) groups is 2. The molecule has 6 nitrogen and oxygen atoms in total. The van der Waals surface area contributed by atoms with Crippen molar-refractivity contribution in [2.24, 2.45) is 11.3 Å². The van der Waals surface area contributed by atoms with Gasteiger partial charge in [-0.05, 0) is 85.8 Å². The Morgan fingerprint density at radius 3 is 2.47 bits per heavy atom. The third-order valence-corrected chi connectivity index (χ3v) is 8.84. The fourth-order valence-electron chi connectivity index (χ4n) is 6.34. The molecule has 2 aliphatic carbocycles. The second kappa shape index (κ2) is 8.71. The van der Waals surface area contributed by atoms with E-state index in [0.29, 0.717) is 0 Å². The summed E-state index contributed by atoms with van der Waals surface area (Å²) in [6.07, 6.45) is 12.2. The summed E-state index contributed by atoms with van der Waals surface area (Å²) in [6, 6.07) is 10.4. The Bertz CT molecular complexity index is 1070. The number of carbonyl (C=O) groups excluding carboxylic acids is 2. The van der Waals surface area contributed by atoms with Gasteiger partial charge in [0.2, 0.25) is 5.91 Å². The molecule has 4 aliphatic rings. The van der Waals surface area contributed by atoms with E-state index in [2.05, 4.69) is 44.4 Å². The van der Waals surface area contributed by atoms with Crippen LogP contribution in [0.4, 0.5) is 5.69 Å². The summed E-state index contributed by atoms with van der Waals surface area (Å²) >= 11 is 0. The van der Waals surface area contributed by atoms with Crippen molar-refractivity contribution in [1.82, 2.24) is 15.2 Å². The minimum atomic E-state index is 0.0540. The molecule has 1 aromatic carbocycles. The summed E-state index contributed by atoms with van der Waals surface area (Å²) in [4.78, 5) is 34.6. The summed E-state index contributed by atoms with van der Waals surface area (Å²) in [7, 11) is 0. The number of benzene rings is 1. The van der Waals surface area contributed by atoms with Gasteiger partial charge < -0.3 is 15.1 Å². The second-order valence-electron chi connectivity index (χ2n) is 10.8. The molecular weight excluding hydrogens is 424 g/mol. The topological polar surface area (TPSA) is 65.5 Å². The summed E-state index contributed by atoms with van der Waals surface area (Å²) < 4.78 is 0. The smallest absolute Gasteiger partial charge is 0.253 e. The van der Waals surface area contributed by atoms with E-state index < -0.39 is 0 Å². The van der Waals surface area contributed by atoms with Gasteiger partial charge in [0.25, 0.3) is 5.91 Å². The molecule has 3 fully saturated rings. The summed E-state index contributed by atoms with van der Waals surface area (Å²) in [5, 5.41) is 3.26. The second-order valence-corrected chi connectivity index (χ2v) is 10.8. The first kappa shape index (κ1) is 21.6. The Morgan fingerprint density at radius 2 is 1.74 bits per heavy atom. The lowest BCUT2D eigenvalue weighted by atomic mass is 9.77. The van der Waals surface area contributed by atoms with Crippen molar-refractivity contribution < 1.29 is 9.59 Å². The van der Waals surface area contributed by atoms with Crippen molar-refractivity contribution in [2.75, 3.05) is 31.1 Å². The molecule has 2 saturated heterocycles. The lowest BCUT2D eigenvalue weighted by Crippen LogP contribution is -2.42. The predicted molar refractivity (Wildman–Crippen MR) is 132 cm³/mol. The molecule has 1 spiro atoms. The molecule has 2 aromatic rings. The highest BCUT2D eigenvalue weighted by atomic mass is 16.2. The van der Waals surface area contributed by atoms with E-state index in [-0.39, 0.29) is 29.2 Å². The lowest BCUT2D eigenvalue weighted by Gasteiger charge is -2.40. The predicted octanol–water partition coefficient (Wildman–Crippen LogP) is 4.12. The zero-order valence-corrected chi connectivity index (χ0v) is 19.8. The van der Waals surface area contributed by atoms with Gasteiger partial charge in [0, 0.05) is 55.7 Å². The van der Waals surface area contributed by atoms with Gasteiger partial charge in [-0.2, -0.15) is 0 Å². The normalized spacial score (nSPS) is 23.6. The van der Waals surface area contributed by atoms with Crippen LogP contribution in [0.25, 0.3) is 0 Å². The van der Waals surface area contributed by atoms with Crippen molar-refractivity contribution in [1.29, 1.82) is 0 Å². The van der Waals surface area contributed by atoms with Gasteiger partial charge in [-0.3, -0.25) is 14.6 Å². The number of amides is 2. The fourth-order valence-corrected chi connectivity index (χ4v) is 6.34. The molecule has 0 bridgehead atoms. The van der Waals surface area contributed by atoms with Crippen molar-refractivity contribution in [3.8, 4) is 0 Å². The van der Waals surface area contributed by atoms with Crippen molar-refractivity contribution >= 4 is 17.5 Å². The third kappa shape index (κ3) is 3.97. The molecule has 1 aromatic heterocycles. The van der Waals surface area contributed by atoms with Gasteiger partial charge in [-0.25, -0.2) is 0 Å². The number of hydrogen-bond acceptors (Lipinski definition) is 4. The Morgan fingerprint density at radius 1 is 0.971 bits per heavy atom. The first-order valence-corrected chi connectivity index (χ1v) is 13.0. The first-order valence-electron chi connectivity index (χ1n) is 13.0. The minimum absolute atomic E-state index is 0.0540. The number of anilines is 1. The Labute approximate surface area is 201 Å². The Balaban J connectivity index is 1.10. The maximum absolute atomic E-state index is 13.5. The maximum Gasteiger partial charge on any atom is 0.253 e. The van der Waals surface area contributed by atoms with Crippen LogP contribution in [-0.4, -0.2) is 47.9 Å². The maximum atomic E-state index is 13.5. The molecule has 2 amide bonds. The lowest BCUT2D eigenvalue weighted by molar-refractivity contribution is -0.128. The van der Waals surface area contributed by atoms with Crippen LogP contribution >= 0.6 is 0 Å². The molecule has 0 radical (unpaired) electrons. The molecule has 2 aliphatic heterocycles. The molecule has 6 heteroatoms. The van der Waals surface area contributed by atoms with Gasteiger partial charge in [0.1, 0.15) is 0 Å². The van der Waals surface area contributed by atoms with Crippen molar-refractivity contribution in [3.05, 3.63) is 59.4 Å². The Hall–Kier alpha value is -2.89. The quantitative estimate of drug-likeness (QED) is 0.749.